The molecule has 3 heterocycles. The van der Waals surface area contributed by atoms with Crippen LogP contribution in [-0.4, -0.2) is 40.2 Å². The van der Waals surface area contributed by atoms with Crippen LogP contribution in [-0.2, 0) is 17.5 Å². The van der Waals surface area contributed by atoms with Crippen LogP contribution >= 0.6 is 0 Å². The summed E-state index contributed by atoms with van der Waals surface area (Å²) >= 11 is 0. The molecule has 6 nitrogen and oxygen atoms in total. The Morgan fingerprint density at radius 3 is 2.53 bits per heavy atom. The summed E-state index contributed by atoms with van der Waals surface area (Å²) in [4.78, 5) is 15.7. The Balaban J connectivity index is 1.71. The number of rotatable bonds is 4. The van der Waals surface area contributed by atoms with Crippen molar-refractivity contribution >= 4 is 22.8 Å². The lowest BCUT2D eigenvalue weighted by Gasteiger charge is -2.38. The van der Waals surface area contributed by atoms with Gasteiger partial charge in [-0.3, -0.25) is 0 Å². The van der Waals surface area contributed by atoms with Crippen LogP contribution in [0.1, 0.15) is 25.0 Å². The zero-order valence-electron chi connectivity index (χ0n) is 16.6. The third kappa shape index (κ3) is 4.02. The van der Waals surface area contributed by atoms with Gasteiger partial charge in [-0.05, 0) is 37.6 Å². The molecule has 0 saturated carbocycles. The van der Waals surface area contributed by atoms with Crippen LogP contribution in [0.2, 0.25) is 0 Å². The van der Waals surface area contributed by atoms with Crippen molar-refractivity contribution < 1.29 is 17.9 Å². The first-order valence-corrected chi connectivity index (χ1v) is 9.72. The predicted octanol–water partition coefficient (Wildman–Crippen LogP) is 4.27. The highest BCUT2D eigenvalue weighted by Gasteiger charge is 2.33. The lowest BCUT2D eigenvalue weighted by atomic mass is 10.1. The number of benzene rings is 1. The fourth-order valence-electron chi connectivity index (χ4n) is 3.73. The maximum absolute atomic E-state index is 13.3. The fraction of sp³-hybridized carbons (Fsp3) is 0.381. The van der Waals surface area contributed by atoms with Crippen molar-refractivity contribution in [2.24, 2.45) is 0 Å². The van der Waals surface area contributed by atoms with E-state index < -0.39 is 11.7 Å². The zero-order valence-corrected chi connectivity index (χ0v) is 16.6. The van der Waals surface area contributed by atoms with Crippen LogP contribution in [0.4, 0.5) is 24.9 Å². The minimum Gasteiger partial charge on any atom is -0.377 e. The van der Waals surface area contributed by atoms with Crippen molar-refractivity contribution in [3.8, 4) is 0 Å². The molecule has 0 radical (unpaired) electrons. The second-order valence-electron chi connectivity index (χ2n) is 7.40. The van der Waals surface area contributed by atoms with E-state index in [-0.39, 0.29) is 24.2 Å². The van der Waals surface area contributed by atoms with E-state index in [9.17, 15) is 13.2 Å². The molecule has 2 atom stereocenters. The van der Waals surface area contributed by atoms with E-state index in [0.717, 1.165) is 6.07 Å². The molecular weight excluding hydrogens is 395 g/mol. The van der Waals surface area contributed by atoms with Crippen LogP contribution < -0.4 is 10.2 Å². The summed E-state index contributed by atoms with van der Waals surface area (Å²) in [5, 5.41) is 3.73. The number of hydrogen-bond donors (Lipinski definition) is 1. The van der Waals surface area contributed by atoms with Crippen LogP contribution in [0.25, 0.3) is 11.0 Å². The van der Waals surface area contributed by atoms with E-state index in [1.165, 1.54) is 12.1 Å². The normalized spacial score (nSPS) is 19.8. The average molecular weight is 417 g/mol. The maximum Gasteiger partial charge on any atom is 0.416 e. The second-order valence-corrected chi connectivity index (χ2v) is 7.40. The number of fused-ring (bicyclic) bond motifs is 1. The number of aromatic nitrogens is 3. The van der Waals surface area contributed by atoms with Crippen molar-refractivity contribution in [3.63, 3.8) is 0 Å². The van der Waals surface area contributed by atoms with E-state index in [1.807, 2.05) is 13.8 Å². The molecule has 1 unspecified atom stereocenters. The van der Waals surface area contributed by atoms with E-state index in [0.29, 0.717) is 36.0 Å². The predicted molar refractivity (Wildman–Crippen MR) is 108 cm³/mol. The second kappa shape index (κ2) is 8.06. The number of hydrogen-bond acceptors (Lipinski definition) is 6. The molecule has 0 bridgehead atoms. The number of pyridine rings is 1. The van der Waals surface area contributed by atoms with E-state index in [1.54, 1.807) is 24.4 Å². The Bertz CT molecular complexity index is 1030. The van der Waals surface area contributed by atoms with Gasteiger partial charge in [0.05, 0.1) is 36.2 Å². The Morgan fingerprint density at radius 2 is 1.80 bits per heavy atom. The van der Waals surface area contributed by atoms with Crippen LogP contribution in [0.5, 0.6) is 0 Å². The summed E-state index contributed by atoms with van der Waals surface area (Å²) < 4.78 is 45.6. The molecule has 0 spiro atoms. The molecule has 1 N–H and O–H groups in total. The molecule has 1 aliphatic rings. The van der Waals surface area contributed by atoms with Gasteiger partial charge in [0.15, 0.2) is 5.65 Å². The summed E-state index contributed by atoms with van der Waals surface area (Å²) in [6, 6.07) is 9.20. The molecule has 158 valence electrons. The monoisotopic (exact) mass is 417 g/mol. The van der Waals surface area contributed by atoms with Crippen molar-refractivity contribution in [1.29, 1.82) is 0 Å². The minimum absolute atomic E-state index is 0.0235. The van der Waals surface area contributed by atoms with E-state index >= 15 is 0 Å². The minimum atomic E-state index is -4.42. The number of nitrogens with zero attached hydrogens (tertiary/aromatic N) is 4. The molecule has 3 aromatic rings. The summed E-state index contributed by atoms with van der Waals surface area (Å²) in [6.45, 7) is 5.12. The summed E-state index contributed by atoms with van der Waals surface area (Å²) in [5.74, 6) is 0.932. The molecule has 2 aromatic heterocycles. The van der Waals surface area contributed by atoms with Crippen molar-refractivity contribution in [2.45, 2.75) is 38.7 Å². The highest BCUT2D eigenvalue weighted by Crippen LogP contribution is 2.33. The van der Waals surface area contributed by atoms with Gasteiger partial charge in [0, 0.05) is 12.7 Å². The van der Waals surface area contributed by atoms with Crippen molar-refractivity contribution in [1.82, 2.24) is 15.0 Å². The van der Waals surface area contributed by atoms with E-state index in [4.69, 9.17) is 4.74 Å². The van der Waals surface area contributed by atoms with Gasteiger partial charge in [0.25, 0.3) is 0 Å². The summed E-state index contributed by atoms with van der Waals surface area (Å²) in [6.07, 6.45) is -2.79. The Morgan fingerprint density at radius 1 is 1.07 bits per heavy atom. The smallest absolute Gasteiger partial charge is 0.377 e. The molecule has 30 heavy (non-hydrogen) atoms. The lowest BCUT2D eigenvalue weighted by molar-refractivity contribution is -0.138. The number of anilines is 2. The van der Waals surface area contributed by atoms with Crippen molar-refractivity contribution in [3.05, 3.63) is 53.7 Å². The molecule has 1 saturated heterocycles. The Hall–Kier alpha value is -2.94. The number of alkyl halides is 3. The largest absolute Gasteiger partial charge is 0.416 e. The number of halogens is 3. The SMILES string of the molecule is CC1COC[C@H](C)N1c1nc(NCc2ccccc2C(F)(F)F)c2cccnc2n1. The van der Waals surface area contributed by atoms with Crippen LogP contribution in [0.15, 0.2) is 42.6 Å². The molecule has 1 aliphatic heterocycles. The Kier molecular flexibility index (Phi) is 5.46. The number of ether oxygens (including phenoxy) is 1. The molecule has 1 aromatic carbocycles. The van der Waals surface area contributed by atoms with E-state index in [2.05, 4.69) is 25.2 Å². The maximum atomic E-state index is 13.3. The topological polar surface area (TPSA) is 63.2 Å². The highest BCUT2D eigenvalue weighted by molar-refractivity contribution is 5.87. The van der Waals surface area contributed by atoms with Gasteiger partial charge in [-0.1, -0.05) is 18.2 Å². The molecule has 0 aliphatic carbocycles. The Labute approximate surface area is 172 Å². The first kappa shape index (κ1) is 20.3. The third-order valence-electron chi connectivity index (χ3n) is 5.13. The zero-order chi connectivity index (χ0) is 21.3. The molecule has 1 fully saturated rings. The first-order chi connectivity index (χ1) is 14.3. The fourth-order valence-corrected chi connectivity index (χ4v) is 3.73. The summed E-state index contributed by atoms with van der Waals surface area (Å²) in [5.41, 5.74) is -0.0278. The van der Waals surface area contributed by atoms with Gasteiger partial charge in [0.1, 0.15) is 5.82 Å². The van der Waals surface area contributed by atoms with Gasteiger partial charge in [0.2, 0.25) is 5.95 Å². The summed E-state index contributed by atoms with van der Waals surface area (Å²) in [7, 11) is 0. The van der Waals surface area contributed by atoms with Gasteiger partial charge < -0.3 is 15.0 Å². The number of nitrogens with one attached hydrogen (secondary N) is 1. The first-order valence-electron chi connectivity index (χ1n) is 9.72. The molecule has 4 rings (SSSR count). The molecule has 0 amide bonds. The van der Waals surface area contributed by atoms with Crippen LogP contribution in [0.3, 0.4) is 0 Å². The van der Waals surface area contributed by atoms with Gasteiger partial charge >= 0.3 is 6.18 Å². The van der Waals surface area contributed by atoms with Crippen molar-refractivity contribution in [2.75, 3.05) is 23.4 Å². The highest BCUT2D eigenvalue weighted by atomic mass is 19.4. The number of morpholine rings is 1. The standard InChI is InChI=1S/C21H22F3N5O/c1-13-11-30-12-14(2)29(13)20-27-18-16(7-5-9-25-18)19(28-20)26-10-15-6-3-4-8-17(15)21(22,23)24/h3-9,13-14H,10-12H2,1-2H3,(H,25,26,27,28)/t13-,14?/m0/s1. The quantitative estimate of drug-likeness (QED) is 0.684. The lowest BCUT2D eigenvalue weighted by Crippen LogP contribution is -2.50. The van der Waals surface area contributed by atoms with Gasteiger partial charge in [-0.25, -0.2) is 4.98 Å². The van der Waals surface area contributed by atoms with Gasteiger partial charge in [-0.15, -0.1) is 0 Å². The molecular formula is C21H22F3N5O. The van der Waals surface area contributed by atoms with Crippen LogP contribution in [0, 0.1) is 0 Å². The van der Waals surface area contributed by atoms with Gasteiger partial charge in [-0.2, -0.15) is 23.1 Å². The third-order valence-corrected chi connectivity index (χ3v) is 5.13. The molecule has 9 heteroatoms. The average Bonchev–Trinajstić information content (AvgIpc) is 2.71.